The monoisotopic (exact) mass is 236 g/mol. The molecule has 4 heteroatoms. The SMILES string of the molecule is N=C(N)CCCCOCCOc1ccccc1. The van der Waals surface area contributed by atoms with E-state index in [0.29, 0.717) is 26.2 Å². The van der Waals surface area contributed by atoms with Gasteiger partial charge < -0.3 is 15.2 Å². The fraction of sp³-hybridized carbons (Fsp3) is 0.462. The van der Waals surface area contributed by atoms with E-state index in [1.807, 2.05) is 30.3 Å². The van der Waals surface area contributed by atoms with Crippen LogP contribution in [0.15, 0.2) is 30.3 Å². The van der Waals surface area contributed by atoms with Gasteiger partial charge in [0.2, 0.25) is 0 Å². The van der Waals surface area contributed by atoms with Crippen molar-refractivity contribution in [2.24, 2.45) is 5.73 Å². The third-order valence-electron chi connectivity index (χ3n) is 2.22. The molecule has 0 spiro atoms. The van der Waals surface area contributed by atoms with Gasteiger partial charge >= 0.3 is 0 Å². The number of hydrogen-bond acceptors (Lipinski definition) is 3. The average Bonchev–Trinajstić information content (AvgIpc) is 2.33. The van der Waals surface area contributed by atoms with E-state index in [4.69, 9.17) is 20.6 Å². The number of ether oxygens (including phenoxy) is 2. The van der Waals surface area contributed by atoms with Gasteiger partial charge in [-0.3, -0.25) is 5.41 Å². The zero-order valence-electron chi connectivity index (χ0n) is 10.0. The number of benzene rings is 1. The second-order valence-corrected chi connectivity index (χ2v) is 3.76. The first kappa shape index (κ1) is 13.5. The molecule has 0 aromatic heterocycles. The second kappa shape index (κ2) is 8.58. The van der Waals surface area contributed by atoms with E-state index in [2.05, 4.69) is 0 Å². The Hall–Kier alpha value is -1.55. The predicted octanol–water partition coefficient (Wildman–Crippen LogP) is 2.19. The van der Waals surface area contributed by atoms with Crippen molar-refractivity contribution in [3.05, 3.63) is 30.3 Å². The van der Waals surface area contributed by atoms with Crippen molar-refractivity contribution in [1.29, 1.82) is 5.41 Å². The minimum absolute atomic E-state index is 0.248. The zero-order valence-corrected chi connectivity index (χ0v) is 10.0. The molecule has 0 aliphatic carbocycles. The van der Waals surface area contributed by atoms with Crippen LogP contribution in [0, 0.1) is 5.41 Å². The summed E-state index contributed by atoms with van der Waals surface area (Å²) < 4.78 is 10.9. The van der Waals surface area contributed by atoms with Gasteiger partial charge in [-0.2, -0.15) is 0 Å². The molecule has 3 N–H and O–H groups in total. The number of amidine groups is 1. The number of hydrogen-bond donors (Lipinski definition) is 2. The van der Waals surface area contributed by atoms with Crippen LogP contribution in [-0.2, 0) is 4.74 Å². The topological polar surface area (TPSA) is 68.3 Å². The van der Waals surface area contributed by atoms with Gasteiger partial charge in [-0.25, -0.2) is 0 Å². The van der Waals surface area contributed by atoms with Crippen molar-refractivity contribution in [3.63, 3.8) is 0 Å². The molecule has 0 aliphatic rings. The molecule has 17 heavy (non-hydrogen) atoms. The van der Waals surface area contributed by atoms with Crippen LogP contribution < -0.4 is 10.5 Å². The molecule has 0 radical (unpaired) electrons. The zero-order chi connectivity index (χ0) is 12.3. The Morgan fingerprint density at radius 3 is 2.53 bits per heavy atom. The lowest BCUT2D eigenvalue weighted by atomic mass is 10.2. The largest absolute Gasteiger partial charge is 0.491 e. The molecule has 1 rings (SSSR count). The maximum absolute atomic E-state index is 7.05. The lowest BCUT2D eigenvalue weighted by molar-refractivity contribution is 0.0977. The van der Waals surface area contributed by atoms with Crippen LogP contribution in [0.1, 0.15) is 19.3 Å². The van der Waals surface area contributed by atoms with Crippen LogP contribution in [-0.4, -0.2) is 25.7 Å². The van der Waals surface area contributed by atoms with Gasteiger partial charge in [-0.1, -0.05) is 18.2 Å². The second-order valence-electron chi connectivity index (χ2n) is 3.76. The number of rotatable bonds is 9. The minimum atomic E-state index is 0.248. The van der Waals surface area contributed by atoms with Crippen molar-refractivity contribution in [1.82, 2.24) is 0 Å². The molecule has 0 atom stereocenters. The fourth-order valence-corrected chi connectivity index (χ4v) is 1.36. The fourth-order valence-electron chi connectivity index (χ4n) is 1.36. The summed E-state index contributed by atoms with van der Waals surface area (Å²) in [7, 11) is 0. The molecule has 0 amide bonds. The number of unbranched alkanes of at least 4 members (excludes halogenated alkanes) is 1. The number of nitrogens with two attached hydrogens (primary N) is 1. The Morgan fingerprint density at radius 2 is 1.82 bits per heavy atom. The van der Waals surface area contributed by atoms with E-state index in [-0.39, 0.29) is 5.84 Å². The molecule has 0 saturated heterocycles. The van der Waals surface area contributed by atoms with Crippen LogP contribution in [0.25, 0.3) is 0 Å². The van der Waals surface area contributed by atoms with Gasteiger partial charge in [0.1, 0.15) is 12.4 Å². The average molecular weight is 236 g/mol. The van der Waals surface area contributed by atoms with Gasteiger partial charge in [-0.15, -0.1) is 0 Å². The predicted molar refractivity (Wildman–Crippen MR) is 68.5 cm³/mol. The van der Waals surface area contributed by atoms with Gasteiger partial charge in [0, 0.05) is 13.0 Å². The first-order chi connectivity index (χ1) is 8.29. The molecule has 94 valence electrons. The standard InChI is InChI=1S/C13H20N2O2/c14-13(15)8-4-5-9-16-10-11-17-12-6-2-1-3-7-12/h1-3,6-7H,4-5,8-11H2,(H3,14,15). The van der Waals surface area contributed by atoms with Crippen LogP contribution in [0.2, 0.25) is 0 Å². The third kappa shape index (κ3) is 7.36. The maximum atomic E-state index is 7.05. The van der Waals surface area contributed by atoms with Gasteiger partial charge in [-0.05, 0) is 25.0 Å². The smallest absolute Gasteiger partial charge is 0.119 e. The molecule has 1 aromatic rings. The lowest BCUT2D eigenvalue weighted by Crippen LogP contribution is -2.10. The van der Waals surface area contributed by atoms with Gasteiger partial charge in [0.15, 0.2) is 0 Å². The lowest BCUT2D eigenvalue weighted by Gasteiger charge is -2.06. The summed E-state index contributed by atoms with van der Waals surface area (Å²) in [6.07, 6.45) is 2.50. The molecular weight excluding hydrogens is 216 g/mol. The summed E-state index contributed by atoms with van der Waals surface area (Å²) in [6, 6.07) is 9.69. The number of nitrogens with one attached hydrogen (secondary N) is 1. The van der Waals surface area contributed by atoms with Crippen LogP contribution >= 0.6 is 0 Å². The quantitative estimate of drug-likeness (QED) is 0.392. The molecule has 0 bridgehead atoms. The summed E-state index contributed by atoms with van der Waals surface area (Å²) in [4.78, 5) is 0. The van der Waals surface area contributed by atoms with Crippen molar-refractivity contribution in [2.75, 3.05) is 19.8 Å². The maximum Gasteiger partial charge on any atom is 0.119 e. The third-order valence-corrected chi connectivity index (χ3v) is 2.22. The summed E-state index contributed by atoms with van der Waals surface area (Å²) in [5.74, 6) is 1.12. The Morgan fingerprint density at radius 1 is 1.06 bits per heavy atom. The van der Waals surface area contributed by atoms with Crippen LogP contribution in [0.5, 0.6) is 5.75 Å². The summed E-state index contributed by atoms with van der Waals surface area (Å²) >= 11 is 0. The molecule has 0 heterocycles. The summed E-state index contributed by atoms with van der Waals surface area (Å²) in [6.45, 7) is 1.86. The van der Waals surface area contributed by atoms with Crippen molar-refractivity contribution < 1.29 is 9.47 Å². The van der Waals surface area contributed by atoms with Gasteiger partial charge in [0.05, 0.1) is 12.4 Å². The highest BCUT2D eigenvalue weighted by Gasteiger charge is 1.94. The minimum Gasteiger partial charge on any atom is -0.491 e. The van der Waals surface area contributed by atoms with E-state index in [0.717, 1.165) is 18.6 Å². The summed E-state index contributed by atoms with van der Waals surface area (Å²) in [5.41, 5.74) is 5.24. The normalized spacial score (nSPS) is 10.1. The molecule has 0 fully saturated rings. The highest BCUT2D eigenvalue weighted by atomic mass is 16.5. The summed E-state index contributed by atoms with van der Waals surface area (Å²) in [5, 5.41) is 7.05. The Kier molecular flexibility index (Phi) is 6.82. The Labute approximate surface area is 102 Å². The molecular formula is C13H20N2O2. The highest BCUT2D eigenvalue weighted by Crippen LogP contribution is 2.07. The van der Waals surface area contributed by atoms with E-state index in [1.54, 1.807) is 0 Å². The van der Waals surface area contributed by atoms with Crippen molar-refractivity contribution in [3.8, 4) is 5.75 Å². The molecule has 0 saturated carbocycles. The molecule has 0 aliphatic heterocycles. The van der Waals surface area contributed by atoms with E-state index < -0.39 is 0 Å². The van der Waals surface area contributed by atoms with Crippen LogP contribution in [0.4, 0.5) is 0 Å². The Bertz CT molecular complexity index is 314. The molecule has 0 unspecified atom stereocenters. The van der Waals surface area contributed by atoms with E-state index >= 15 is 0 Å². The highest BCUT2D eigenvalue weighted by molar-refractivity contribution is 5.76. The van der Waals surface area contributed by atoms with Crippen LogP contribution in [0.3, 0.4) is 0 Å². The van der Waals surface area contributed by atoms with Gasteiger partial charge in [0.25, 0.3) is 0 Å². The Balaban J connectivity index is 1.90. The van der Waals surface area contributed by atoms with Crippen molar-refractivity contribution >= 4 is 5.84 Å². The number of para-hydroxylation sites is 1. The molecule has 4 nitrogen and oxygen atoms in total. The van der Waals surface area contributed by atoms with E-state index in [9.17, 15) is 0 Å². The van der Waals surface area contributed by atoms with E-state index in [1.165, 1.54) is 0 Å². The first-order valence-corrected chi connectivity index (χ1v) is 5.87. The molecule has 1 aromatic carbocycles. The first-order valence-electron chi connectivity index (χ1n) is 5.87. The van der Waals surface area contributed by atoms with Crippen molar-refractivity contribution in [2.45, 2.75) is 19.3 Å².